The molecule has 0 radical (unpaired) electrons. The number of carbonyl (C=O) groups is 1. The van der Waals surface area contributed by atoms with Crippen molar-refractivity contribution in [2.24, 2.45) is 5.92 Å². The maximum atomic E-state index is 10.8. The Hall–Kier alpha value is -0.610. The van der Waals surface area contributed by atoms with Crippen molar-refractivity contribution in [3.63, 3.8) is 0 Å². The number of ether oxygens (including phenoxy) is 1. The van der Waals surface area contributed by atoms with Crippen molar-refractivity contribution in [1.29, 1.82) is 0 Å². The Bertz CT molecular complexity index is 231. The molecule has 0 amide bonds. The van der Waals surface area contributed by atoms with Gasteiger partial charge in [-0.25, -0.2) is 0 Å². The molecule has 2 N–H and O–H groups in total. The molecule has 0 aromatic rings. The summed E-state index contributed by atoms with van der Waals surface area (Å²) in [7, 11) is 0. The van der Waals surface area contributed by atoms with Gasteiger partial charge in [-0.3, -0.25) is 4.79 Å². The van der Waals surface area contributed by atoms with Crippen LogP contribution in [0.25, 0.3) is 0 Å². The van der Waals surface area contributed by atoms with Crippen LogP contribution in [0, 0.1) is 5.92 Å². The Balaban J connectivity index is 1.83. The molecule has 2 rings (SSSR count). The molecule has 2 fully saturated rings. The van der Waals surface area contributed by atoms with Gasteiger partial charge in [-0.2, -0.15) is 0 Å². The third kappa shape index (κ3) is 1.77. The Morgan fingerprint density at radius 3 is 2.57 bits per heavy atom. The van der Waals surface area contributed by atoms with E-state index < -0.39 is 5.97 Å². The molecule has 4 unspecified atom stereocenters. The monoisotopic (exact) mass is 199 g/mol. The Kier molecular flexibility index (Phi) is 2.74. The van der Waals surface area contributed by atoms with E-state index in [0.29, 0.717) is 6.04 Å². The topological polar surface area (TPSA) is 58.6 Å². The molecule has 1 heterocycles. The molecule has 1 aliphatic carbocycles. The predicted octanol–water partition coefficient (Wildman–Crippen LogP) is 0.617. The second-order valence-corrected chi connectivity index (χ2v) is 4.27. The number of rotatable bonds is 3. The van der Waals surface area contributed by atoms with Gasteiger partial charge in [0.05, 0.1) is 12.0 Å². The molecule has 14 heavy (non-hydrogen) atoms. The average molecular weight is 199 g/mol. The molecule has 1 aliphatic heterocycles. The third-order valence-corrected chi connectivity index (χ3v) is 3.40. The summed E-state index contributed by atoms with van der Waals surface area (Å²) < 4.78 is 5.42. The number of carboxylic acids is 1. The van der Waals surface area contributed by atoms with E-state index in [0.717, 1.165) is 25.9 Å². The van der Waals surface area contributed by atoms with Gasteiger partial charge in [0.2, 0.25) is 0 Å². The van der Waals surface area contributed by atoms with Gasteiger partial charge in [0.25, 0.3) is 0 Å². The molecule has 0 aromatic heterocycles. The molecule has 80 valence electrons. The third-order valence-electron chi connectivity index (χ3n) is 3.40. The first-order valence-electron chi connectivity index (χ1n) is 5.29. The normalized spacial score (nSPS) is 42.1. The van der Waals surface area contributed by atoms with E-state index in [-0.39, 0.29) is 18.1 Å². The van der Waals surface area contributed by atoms with Crippen LogP contribution in [0.1, 0.15) is 26.2 Å². The molecular weight excluding hydrogens is 182 g/mol. The fourth-order valence-corrected chi connectivity index (χ4v) is 2.22. The second kappa shape index (κ2) is 3.87. The molecule has 1 saturated carbocycles. The molecule has 4 heteroatoms. The van der Waals surface area contributed by atoms with Crippen molar-refractivity contribution < 1.29 is 14.6 Å². The van der Waals surface area contributed by atoms with Gasteiger partial charge in [-0.1, -0.05) is 0 Å². The SMILES string of the molecule is CC1OCCC1NC1CCC1C(=O)O. The Morgan fingerprint density at radius 2 is 2.14 bits per heavy atom. The molecule has 0 aromatic carbocycles. The summed E-state index contributed by atoms with van der Waals surface area (Å²) in [5.74, 6) is -0.844. The Morgan fingerprint density at radius 1 is 1.36 bits per heavy atom. The highest BCUT2D eigenvalue weighted by Gasteiger charge is 2.39. The molecule has 1 saturated heterocycles. The van der Waals surface area contributed by atoms with E-state index in [1.165, 1.54) is 0 Å². The summed E-state index contributed by atoms with van der Waals surface area (Å²) in [4.78, 5) is 10.8. The number of nitrogens with one attached hydrogen (secondary N) is 1. The lowest BCUT2D eigenvalue weighted by atomic mass is 9.79. The highest BCUT2D eigenvalue weighted by Crippen LogP contribution is 2.29. The average Bonchev–Trinajstić information content (AvgIpc) is 2.44. The van der Waals surface area contributed by atoms with Crippen LogP contribution in [0.15, 0.2) is 0 Å². The summed E-state index contributed by atoms with van der Waals surface area (Å²) in [5.41, 5.74) is 0. The van der Waals surface area contributed by atoms with Gasteiger partial charge in [0.1, 0.15) is 0 Å². The van der Waals surface area contributed by atoms with E-state index in [9.17, 15) is 4.79 Å². The zero-order valence-electron chi connectivity index (χ0n) is 8.40. The summed E-state index contributed by atoms with van der Waals surface area (Å²) in [6.45, 7) is 2.84. The van der Waals surface area contributed by atoms with E-state index >= 15 is 0 Å². The molecule has 4 nitrogen and oxygen atoms in total. The molecule has 0 bridgehead atoms. The largest absolute Gasteiger partial charge is 0.481 e. The molecular formula is C10H17NO3. The van der Waals surface area contributed by atoms with Crippen molar-refractivity contribution in [3.05, 3.63) is 0 Å². The van der Waals surface area contributed by atoms with Gasteiger partial charge >= 0.3 is 5.97 Å². The van der Waals surface area contributed by atoms with E-state index in [1.807, 2.05) is 6.92 Å². The fraction of sp³-hybridized carbons (Fsp3) is 0.900. The maximum absolute atomic E-state index is 10.8. The zero-order chi connectivity index (χ0) is 10.1. The van der Waals surface area contributed by atoms with Crippen molar-refractivity contribution in [1.82, 2.24) is 5.32 Å². The summed E-state index contributed by atoms with van der Waals surface area (Å²) in [5, 5.41) is 12.3. The van der Waals surface area contributed by atoms with Gasteiger partial charge < -0.3 is 15.2 Å². The number of hydrogen-bond donors (Lipinski definition) is 2. The first kappa shape index (κ1) is 9.93. The van der Waals surface area contributed by atoms with Crippen LogP contribution in [0.5, 0.6) is 0 Å². The lowest BCUT2D eigenvalue weighted by Crippen LogP contribution is -2.53. The first-order valence-corrected chi connectivity index (χ1v) is 5.29. The van der Waals surface area contributed by atoms with E-state index in [1.54, 1.807) is 0 Å². The van der Waals surface area contributed by atoms with Crippen molar-refractivity contribution in [2.75, 3.05) is 6.61 Å². The van der Waals surface area contributed by atoms with Crippen LogP contribution >= 0.6 is 0 Å². The van der Waals surface area contributed by atoms with Crippen LogP contribution in [0.2, 0.25) is 0 Å². The van der Waals surface area contributed by atoms with Gasteiger partial charge in [-0.15, -0.1) is 0 Å². The van der Waals surface area contributed by atoms with Crippen LogP contribution in [-0.4, -0.2) is 35.9 Å². The highest BCUT2D eigenvalue weighted by atomic mass is 16.5. The molecule has 4 atom stereocenters. The van der Waals surface area contributed by atoms with Crippen molar-refractivity contribution in [3.8, 4) is 0 Å². The van der Waals surface area contributed by atoms with Gasteiger partial charge in [0, 0.05) is 18.7 Å². The lowest BCUT2D eigenvalue weighted by Gasteiger charge is -2.36. The minimum atomic E-state index is -0.666. The number of carboxylic acid groups (broad SMARTS) is 1. The summed E-state index contributed by atoms with van der Waals surface area (Å²) >= 11 is 0. The van der Waals surface area contributed by atoms with Crippen LogP contribution in [0.4, 0.5) is 0 Å². The van der Waals surface area contributed by atoms with E-state index in [4.69, 9.17) is 9.84 Å². The van der Waals surface area contributed by atoms with Crippen molar-refractivity contribution >= 4 is 5.97 Å². The fourth-order valence-electron chi connectivity index (χ4n) is 2.22. The Labute approximate surface area is 83.6 Å². The first-order chi connectivity index (χ1) is 6.68. The lowest BCUT2D eigenvalue weighted by molar-refractivity contribution is -0.146. The standard InChI is InChI=1S/C10H17NO3/c1-6-8(4-5-14-6)11-9-3-2-7(9)10(12)13/h6-9,11H,2-5H2,1H3,(H,12,13). The summed E-state index contributed by atoms with van der Waals surface area (Å²) in [6, 6.07) is 0.517. The predicted molar refractivity (Wildman–Crippen MR) is 51.1 cm³/mol. The smallest absolute Gasteiger partial charge is 0.308 e. The van der Waals surface area contributed by atoms with Crippen molar-refractivity contribution in [2.45, 2.75) is 44.4 Å². The molecule has 0 spiro atoms. The number of hydrogen-bond acceptors (Lipinski definition) is 3. The minimum Gasteiger partial charge on any atom is -0.481 e. The second-order valence-electron chi connectivity index (χ2n) is 4.27. The quantitative estimate of drug-likeness (QED) is 0.699. The van der Waals surface area contributed by atoms with Crippen LogP contribution in [-0.2, 0) is 9.53 Å². The van der Waals surface area contributed by atoms with Crippen LogP contribution in [0.3, 0.4) is 0 Å². The molecule has 2 aliphatic rings. The van der Waals surface area contributed by atoms with Gasteiger partial charge in [-0.05, 0) is 26.2 Å². The maximum Gasteiger partial charge on any atom is 0.308 e. The van der Waals surface area contributed by atoms with Crippen LogP contribution < -0.4 is 5.32 Å². The minimum absolute atomic E-state index is 0.168. The highest BCUT2D eigenvalue weighted by molar-refractivity contribution is 5.72. The van der Waals surface area contributed by atoms with E-state index in [2.05, 4.69) is 5.32 Å². The number of aliphatic carboxylic acids is 1. The summed E-state index contributed by atoms with van der Waals surface area (Å²) in [6.07, 6.45) is 3.03. The zero-order valence-corrected chi connectivity index (χ0v) is 8.40. The van der Waals surface area contributed by atoms with Gasteiger partial charge in [0.15, 0.2) is 0 Å².